The Balaban J connectivity index is 1.18. The first-order valence-electron chi connectivity index (χ1n) is 13.3. The highest BCUT2D eigenvalue weighted by molar-refractivity contribution is 7.89. The summed E-state index contributed by atoms with van der Waals surface area (Å²) in [5, 5.41) is 13.3. The minimum atomic E-state index is -3.85. The number of hydrogen-bond donors (Lipinski definition) is 2. The number of amides is 1. The van der Waals surface area contributed by atoms with E-state index in [4.69, 9.17) is 9.47 Å². The third-order valence-electron chi connectivity index (χ3n) is 7.25. The maximum absolute atomic E-state index is 13.5. The van der Waals surface area contributed by atoms with Crippen molar-refractivity contribution in [1.29, 1.82) is 0 Å². The molecule has 3 aromatic rings. The van der Waals surface area contributed by atoms with Gasteiger partial charge in [0.2, 0.25) is 15.9 Å². The quantitative estimate of drug-likeness (QED) is 0.468. The zero-order chi connectivity index (χ0) is 27.2. The number of β-amino-alcohol motifs (C(OH)–C–C–N with tert-alkyl or cyclic N) is 1. The van der Waals surface area contributed by atoms with Crippen LogP contribution in [0.1, 0.15) is 24.8 Å². The molecular formula is C30H34N2O6S. The lowest BCUT2D eigenvalue weighted by Gasteiger charge is -2.43. The summed E-state index contributed by atoms with van der Waals surface area (Å²) in [6.07, 6.45) is -0.605. The van der Waals surface area contributed by atoms with Crippen molar-refractivity contribution < 1.29 is 27.8 Å². The van der Waals surface area contributed by atoms with Crippen LogP contribution in [-0.4, -0.2) is 67.8 Å². The Bertz CT molecular complexity index is 1330. The van der Waals surface area contributed by atoms with Gasteiger partial charge in [0.15, 0.2) is 0 Å². The molecule has 206 valence electrons. The van der Waals surface area contributed by atoms with Crippen LogP contribution in [0.25, 0.3) is 11.1 Å². The minimum absolute atomic E-state index is 0.0155. The van der Waals surface area contributed by atoms with Crippen molar-refractivity contribution >= 4 is 15.9 Å². The molecule has 0 aliphatic carbocycles. The van der Waals surface area contributed by atoms with E-state index in [9.17, 15) is 18.3 Å². The van der Waals surface area contributed by atoms with E-state index in [1.54, 1.807) is 30.3 Å². The number of benzene rings is 3. The highest BCUT2D eigenvalue weighted by Crippen LogP contribution is 2.31. The van der Waals surface area contributed by atoms with Gasteiger partial charge >= 0.3 is 0 Å². The Hall–Kier alpha value is -3.08. The van der Waals surface area contributed by atoms with Crippen molar-refractivity contribution in [2.75, 3.05) is 19.8 Å². The molecule has 9 heteroatoms. The van der Waals surface area contributed by atoms with Crippen molar-refractivity contribution in [3.8, 4) is 11.1 Å². The normalized spacial score (nSPS) is 24.2. The molecule has 8 nitrogen and oxygen atoms in total. The fraction of sp³-hybridized carbons (Fsp3) is 0.367. The molecule has 39 heavy (non-hydrogen) atoms. The summed E-state index contributed by atoms with van der Waals surface area (Å²) < 4.78 is 40.2. The Morgan fingerprint density at radius 2 is 1.56 bits per heavy atom. The number of nitrogens with zero attached hydrogens (tertiary/aromatic N) is 1. The summed E-state index contributed by atoms with van der Waals surface area (Å²) in [5.74, 6) is -0.124. The molecule has 0 bridgehead atoms. The molecule has 2 fully saturated rings. The summed E-state index contributed by atoms with van der Waals surface area (Å²) in [7, 11) is -3.85. The SMILES string of the molecule is O=C(C[C@H]1CC[C@@H]2[C@H](COC[C@@H](O)CN2S(=O)(=O)c2ccccc2)O1)NCc1ccc(-c2ccccc2)cc1. The molecule has 1 amide bonds. The van der Waals surface area contributed by atoms with E-state index in [0.717, 1.165) is 16.7 Å². The molecule has 0 aromatic heterocycles. The van der Waals surface area contributed by atoms with Crippen LogP contribution in [0.2, 0.25) is 0 Å². The maximum Gasteiger partial charge on any atom is 0.243 e. The number of rotatable bonds is 7. The van der Waals surface area contributed by atoms with E-state index in [1.165, 1.54) is 4.31 Å². The molecule has 2 aliphatic rings. The second-order valence-corrected chi connectivity index (χ2v) is 12.0. The molecule has 0 spiro atoms. The second kappa shape index (κ2) is 12.4. The molecule has 2 N–H and O–H groups in total. The van der Waals surface area contributed by atoms with Gasteiger partial charge in [-0.3, -0.25) is 4.79 Å². The number of carbonyl (C=O) groups excluding carboxylic acids is 1. The summed E-state index contributed by atoms with van der Waals surface area (Å²) in [4.78, 5) is 12.9. The molecule has 0 saturated carbocycles. The van der Waals surface area contributed by atoms with Gasteiger partial charge in [-0.25, -0.2) is 8.42 Å². The van der Waals surface area contributed by atoms with Gasteiger partial charge in [0.1, 0.15) is 0 Å². The highest BCUT2D eigenvalue weighted by Gasteiger charge is 2.43. The smallest absolute Gasteiger partial charge is 0.243 e. The first kappa shape index (κ1) is 27.5. The van der Waals surface area contributed by atoms with E-state index in [1.807, 2.05) is 42.5 Å². The lowest BCUT2D eigenvalue weighted by atomic mass is 9.96. The van der Waals surface area contributed by atoms with Crippen molar-refractivity contribution in [2.24, 2.45) is 0 Å². The predicted octanol–water partition coefficient (Wildman–Crippen LogP) is 3.36. The van der Waals surface area contributed by atoms with Crippen molar-refractivity contribution in [3.05, 3.63) is 90.5 Å². The molecule has 2 heterocycles. The van der Waals surface area contributed by atoms with Crippen LogP contribution in [0.5, 0.6) is 0 Å². The number of carbonyl (C=O) groups is 1. The first-order chi connectivity index (χ1) is 18.9. The van der Waals surface area contributed by atoms with Crippen LogP contribution in [0, 0.1) is 0 Å². The van der Waals surface area contributed by atoms with Gasteiger partial charge in [-0.05, 0) is 41.7 Å². The third kappa shape index (κ3) is 6.74. The van der Waals surface area contributed by atoms with Crippen LogP contribution in [0.3, 0.4) is 0 Å². The van der Waals surface area contributed by atoms with Crippen LogP contribution < -0.4 is 5.32 Å². The second-order valence-electron chi connectivity index (χ2n) is 10.1. The van der Waals surface area contributed by atoms with E-state index < -0.39 is 28.3 Å². The van der Waals surface area contributed by atoms with Crippen LogP contribution in [0.15, 0.2) is 89.8 Å². The van der Waals surface area contributed by atoms with E-state index >= 15 is 0 Å². The van der Waals surface area contributed by atoms with E-state index in [2.05, 4.69) is 17.4 Å². The average molecular weight is 551 g/mol. The molecule has 3 aromatic carbocycles. The molecule has 5 rings (SSSR count). The first-order valence-corrected chi connectivity index (χ1v) is 14.7. The van der Waals surface area contributed by atoms with Gasteiger partial charge in [0.25, 0.3) is 0 Å². The zero-order valence-corrected chi connectivity index (χ0v) is 22.5. The molecular weight excluding hydrogens is 516 g/mol. The predicted molar refractivity (Wildman–Crippen MR) is 147 cm³/mol. The Morgan fingerprint density at radius 1 is 0.897 bits per heavy atom. The maximum atomic E-state index is 13.5. The largest absolute Gasteiger partial charge is 0.389 e. The van der Waals surface area contributed by atoms with E-state index in [0.29, 0.717) is 19.4 Å². The van der Waals surface area contributed by atoms with Crippen molar-refractivity contribution in [1.82, 2.24) is 9.62 Å². The Morgan fingerprint density at radius 3 is 2.28 bits per heavy atom. The summed E-state index contributed by atoms with van der Waals surface area (Å²) in [6.45, 7) is 0.503. The summed E-state index contributed by atoms with van der Waals surface area (Å²) in [6, 6.07) is 25.9. The zero-order valence-electron chi connectivity index (χ0n) is 21.7. The molecule has 0 radical (unpaired) electrons. The lowest BCUT2D eigenvalue weighted by Crippen LogP contribution is -2.57. The summed E-state index contributed by atoms with van der Waals surface area (Å²) >= 11 is 0. The molecule has 4 atom stereocenters. The van der Waals surface area contributed by atoms with Crippen LogP contribution in [0.4, 0.5) is 0 Å². The standard InChI is InChI=1S/C30H34N2O6S/c33-25-19-32(39(35,36)27-9-5-2-6-10-27)28-16-15-26(38-29(28)21-37-20-25)17-30(34)31-18-22-11-13-24(14-12-22)23-7-3-1-4-8-23/h1-14,25-26,28-29,33H,15-21H2,(H,31,34)/t25-,26+,28+,29-/m0/s1. The topological polar surface area (TPSA) is 105 Å². The lowest BCUT2D eigenvalue weighted by molar-refractivity contribution is -0.146. The molecule has 2 aliphatic heterocycles. The van der Waals surface area contributed by atoms with Gasteiger partial charge < -0.3 is 19.9 Å². The van der Waals surface area contributed by atoms with Crippen LogP contribution in [-0.2, 0) is 30.8 Å². The number of fused-ring (bicyclic) bond motifs is 1. The van der Waals surface area contributed by atoms with Gasteiger partial charge in [-0.1, -0.05) is 72.8 Å². The Labute approximate surface area is 229 Å². The van der Waals surface area contributed by atoms with Crippen molar-refractivity contribution in [3.63, 3.8) is 0 Å². The molecule has 2 saturated heterocycles. The Kier molecular flexibility index (Phi) is 8.74. The van der Waals surface area contributed by atoms with Gasteiger partial charge in [-0.2, -0.15) is 4.31 Å². The number of aliphatic hydroxyl groups excluding tert-OH is 1. The van der Waals surface area contributed by atoms with Gasteiger partial charge in [0.05, 0.1) is 48.9 Å². The number of ether oxygens (including phenoxy) is 2. The van der Waals surface area contributed by atoms with Crippen molar-refractivity contribution in [2.45, 2.75) is 55.1 Å². The number of sulfonamides is 1. The fourth-order valence-corrected chi connectivity index (χ4v) is 6.96. The average Bonchev–Trinajstić information content (AvgIpc) is 2.95. The minimum Gasteiger partial charge on any atom is -0.389 e. The van der Waals surface area contributed by atoms with Gasteiger partial charge in [-0.15, -0.1) is 0 Å². The van der Waals surface area contributed by atoms with Gasteiger partial charge in [0, 0.05) is 13.1 Å². The number of aliphatic hydroxyl groups is 1. The number of hydrogen-bond acceptors (Lipinski definition) is 6. The van der Waals surface area contributed by atoms with Crippen LogP contribution >= 0.6 is 0 Å². The third-order valence-corrected chi connectivity index (χ3v) is 9.15. The molecule has 0 unspecified atom stereocenters. The summed E-state index contributed by atoms with van der Waals surface area (Å²) in [5.41, 5.74) is 3.26. The fourth-order valence-electron chi connectivity index (χ4n) is 5.22. The highest BCUT2D eigenvalue weighted by atomic mass is 32.2. The van der Waals surface area contributed by atoms with E-state index in [-0.39, 0.29) is 43.1 Å². The number of nitrogens with one attached hydrogen (secondary N) is 1. The monoisotopic (exact) mass is 550 g/mol.